The Hall–Kier alpha value is -1.62. The minimum absolute atomic E-state index is 0.0141. The number of carbonyl (C=O) groups is 1. The summed E-state index contributed by atoms with van der Waals surface area (Å²) in [5.74, 6) is -0.223. The van der Waals surface area contributed by atoms with E-state index < -0.39 is 5.97 Å². The average molecular weight is 266 g/mol. The van der Waals surface area contributed by atoms with Crippen LogP contribution in [0.15, 0.2) is 12.1 Å². The molecule has 0 aliphatic heterocycles. The van der Waals surface area contributed by atoms with Crippen LogP contribution >= 0.6 is 0 Å². The Morgan fingerprint density at radius 1 is 1.42 bits per heavy atom. The molecule has 1 rings (SSSR count). The van der Waals surface area contributed by atoms with Crippen molar-refractivity contribution in [1.29, 1.82) is 0 Å². The summed E-state index contributed by atoms with van der Waals surface area (Å²) < 4.78 is 0. The molecule has 3 N–H and O–H groups in total. The maximum absolute atomic E-state index is 11.1. The highest BCUT2D eigenvalue weighted by molar-refractivity contribution is 5.88. The number of nitrogens with zero attached hydrogens (tertiary/aromatic N) is 1. The summed E-state index contributed by atoms with van der Waals surface area (Å²) in [5, 5.41) is 21.5. The van der Waals surface area contributed by atoms with Gasteiger partial charge >= 0.3 is 5.97 Å². The Labute approximate surface area is 113 Å². The van der Waals surface area contributed by atoms with Gasteiger partial charge in [-0.15, -0.1) is 0 Å². The van der Waals surface area contributed by atoms with Crippen molar-refractivity contribution >= 4 is 11.8 Å². The lowest BCUT2D eigenvalue weighted by Gasteiger charge is -2.21. The van der Waals surface area contributed by atoms with E-state index in [2.05, 4.69) is 10.3 Å². The fourth-order valence-electron chi connectivity index (χ4n) is 1.78. The molecule has 1 atom stereocenters. The number of aromatic nitrogens is 1. The Morgan fingerprint density at radius 2 is 2.11 bits per heavy atom. The largest absolute Gasteiger partial charge is 0.478 e. The Balaban J connectivity index is 3.01. The molecule has 0 bridgehead atoms. The molecule has 0 saturated heterocycles. The molecule has 0 saturated carbocycles. The molecule has 5 heteroatoms. The lowest BCUT2D eigenvalue weighted by molar-refractivity contribution is 0.0696. The van der Waals surface area contributed by atoms with Crippen LogP contribution in [0.2, 0.25) is 0 Å². The zero-order valence-corrected chi connectivity index (χ0v) is 11.7. The van der Waals surface area contributed by atoms with Crippen LogP contribution in [0.25, 0.3) is 0 Å². The van der Waals surface area contributed by atoms with Crippen molar-refractivity contribution in [2.24, 2.45) is 5.92 Å². The lowest BCUT2D eigenvalue weighted by Crippen LogP contribution is -2.30. The first-order valence-corrected chi connectivity index (χ1v) is 6.59. The molecule has 106 valence electrons. The molecule has 0 aliphatic carbocycles. The van der Waals surface area contributed by atoms with Gasteiger partial charge in [-0.05, 0) is 24.5 Å². The van der Waals surface area contributed by atoms with Gasteiger partial charge in [0.05, 0.1) is 18.2 Å². The van der Waals surface area contributed by atoms with Gasteiger partial charge in [0.15, 0.2) is 0 Å². The van der Waals surface area contributed by atoms with Crippen molar-refractivity contribution in [3.8, 4) is 0 Å². The second kappa shape index (κ2) is 7.09. The number of hydrogen-bond acceptors (Lipinski definition) is 4. The number of carboxylic acids is 1. The summed E-state index contributed by atoms with van der Waals surface area (Å²) >= 11 is 0. The van der Waals surface area contributed by atoms with Crippen LogP contribution in [-0.2, 0) is 6.42 Å². The van der Waals surface area contributed by atoms with Gasteiger partial charge < -0.3 is 15.5 Å². The predicted molar refractivity (Wildman–Crippen MR) is 74.5 cm³/mol. The van der Waals surface area contributed by atoms with E-state index >= 15 is 0 Å². The number of rotatable bonds is 7. The first kappa shape index (κ1) is 15.4. The number of hydrogen-bond donors (Lipinski definition) is 3. The predicted octanol–water partition coefficient (Wildman–Crippen LogP) is 2.16. The lowest BCUT2D eigenvalue weighted by atomic mass is 10.1. The average Bonchev–Trinajstić information content (AvgIpc) is 2.35. The van der Waals surface area contributed by atoms with E-state index in [1.54, 1.807) is 6.07 Å². The van der Waals surface area contributed by atoms with Crippen LogP contribution in [0, 0.1) is 5.92 Å². The minimum Gasteiger partial charge on any atom is -0.478 e. The van der Waals surface area contributed by atoms with Gasteiger partial charge in [-0.1, -0.05) is 27.2 Å². The molecule has 1 aromatic heterocycles. The number of aliphatic hydroxyl groups is 1. The molecule has 0 fully saturated rings. The number of aromatic carboxylic acids is 1. The molecule has 0 spiro atoms. The molecule has 0 aliphatic rings. The second-order valence-electron chi connectivity index (χ2n) is 4.96. The van der Waals surface area contributed by atoms with E-state index in [1.807, 2.05) is 20.8 Å². The van der Waals surface area contributed by atoms with Gasteiger partial charge in [0.2, 0.25) is 0 Å². The van der Waals surface area contributed by atoms with Gasteiger partial charge in [0.25, 0.3) is 0 Å². The fraction of sp³-hybridized carbons (Fsp3) is 0.571. The number of aryl methyl sites for hydroxylation is 1. The third kappa shape index (κ3) is 4.52. The molecule has 0 radical (unpaired) electrons. The maximum atomic E-state index is 11.1. The topological polar surface area (TPSA) is 82.5 Å². The number of anilines is 1. The Morgan fingerprint density at radius 3 is 2.58 bits per heavy atom. The van der Waals surface area contributed by atoms with Gasteiger partial charge in [0.1, 0.15) is 5.82 Å². The molecular weight excluding hydrogens is 244 g/mol. The smallest absolute Gasteiger partial charge is 0.335 e. The zero-order valence-electron chi connectivity index (χ0n) is 11.7. The maximum Gasteiger partial charge on any atom is 0.335 e. The summed E-state index contributed by atoms with van der Waals surface area (Å²) in [6.07, 6.45) is 1.64. The van der Waals surface area contributed by atoms with Gasteiger partial charge in [-0.3, -0.25) is 0 Å². The first-order chi connectivity index (χ1) is 8.97. The Bertz CT molecular complexity index is 433. The summed E-state index contributed by atoms with van der Waals surface area (Å²) in [7, 11) is 0. The third-order valence-corrected chi connectivity index (χ3v) is 2.97. The number of pyridine rings is 1. The van der Waals surface area contributed by atoms with Crippen LogP contribution in [0.4, 0.5) is 5.82 Å². The van der Waals surface area contributed by atoms with E-state index in [1.165, 1.54) is 6.07 Å². The molecule has 0 aromatic carbocycles. The van der Waals surface area contributed by atoms with Crippen LogP contribution in [-0.4, -0.2) is 33.8 Å². The van der Waals surface area contributed by atoms with Crippen LogP contribution in [0.1, 0.15) is 43.2 Å². The van der Waals surface area contributed by atoms with Crippen molar-refractivity contribution in [1.82, 2.24) is 4.98 Å². The van der Waals surface area contributed by atoms with E-state index in [0.29, 0.717) is 5.82 Å². The highest BCUT2D eigenvalue weighted by Crippen LogP contribution is 2.15. The molecule has 19 heavy (non-hydrogen) atoms. The van der Waals surface area contributed by atoms with Crippen molar-refractivity contribution in [2.45, 2.75) is 39.7 Å². The highest BCUT2D eigenvalue weighted by atomic mass is 16.4. The fourth-order valence-corrected chi connectivity index (χ4v) is 1.78. The third-order valence-electron chi connectivity index (χ3n) is 2.97. The highest BCUT2D eigenvalue weighted by Gasteiger charge is 2.14. The monoisotopic (exact) mass is 266 g/mol. The van der Waals surface area contributed by atoms with Crippen LogP contribution in [0.3, 0.4) is 0 Å². The van der Waals surface area contributed by atoms with Crippen LogP contribution in [0.5, 0.6) is 0 Å². The van der Waals surface area contributed by atoms with Crippen molar-refractivity contribution in [3.63, 3.8) is 0 Å². The van der Waals surface area contributed by atoms with Crippen molar-refractivity contribution in [3.05, 3.63) is 23.4 Å². The van der Waals surface area contributed by atoms with Gasteiger partial charge in [0, 0.05) is 5.69 Å². The molecular formula is C14H22N2O3. The quantitative estimate of drug-likeness (QED) is 0.704. The molecule has 5 nitrogen and oxygen atoms in total. The van der Waals surface area contributed by atoms with Gasteiger partial charge in [-0.25, -0.2) is 9.78 Å². The number of aliphatic hydroxyl groups excluding tert-OH is 1. The molecule has 0 amide bonds. The SMILES string of the molecule is CCCc1cc(C(=O)O)cc(NC(CO)C(C)C)n1. The summed E-state index contributed by atoms with van der Waals surface area (Å²) in [5.41, 5.74) is 0.978. The van der Waals surface area contributed by atoms with E-state index in [0.717, 1.165) is 18.5 Å². The minimum atomic E-state index is -0.965. The molecule has 1 heterocycles. The Kier molecular flexibility index (Phi) is 5.76. The molecule has 1 unspecified atom stereocenters. The summed E-state index contributed by atoms with van der Waals surface area (Å²) in [4.78, 5) is 15.5. The standard InChI is InChI=1S/C14H22N2O3/c1-4-5-11-6-10(14(18)19)7-13(15-11)16-12(8-17)9(2)3/h6-7,9,12,17H,4-5,8H2,1-3H3,(H,15,16)(H,18,19). The summed E-state index contributed by atoms with van der Waals surface area (Å²) in [6, 6.07) is 2.97. The second-order valence-corrected chi connectivity index (χ2v) is 4.96. The van der Waals surface area contributed by atoms with Crippen LogP contribution < -0.4 is 5.32 Å². The van der Waals surface area contributed by atoms with E-state index in [9.17, 15) is 9.90 Å². The van der Waals surface area contributed by atoms with Gasteiger partial charge in [-0.2, -0.15) is 0 Å². The summed E-state index contributed by atoms with van der Waals surface area (Å²) in [6.45, 7) is 5.98. The van der Waals surface area contributed by atoms with Crippen molar-refractivity contribution in [2.75, 3.05) is 11.9 Å². The molecule has 1 aromatic rings. The number of carboxylic acid groups (broad SMARTS) is 1. The number of nitrogens with one attached hydrogen (secondary N) is 1. The van der Waals surface area contributed by atoms with Crippen molar-refractivity contribution < 1.29 is 15.0 Å². The first-order valence-electron chi connectivity index (χ1n) is 6.59. The normalized spacial score (nSPS) is 12.5. The zero-order chi connectivity index (χ0) is 14.4. The van der Waals surface area contributed by atoms with E-state index in [-0.39, 0.29) is 24.1 Å². The van der Waals surface area contributed by atoms with E-state index in [4.69, 9.17) is 5.11 Å².